The van der Waals surface area contributed by atoms with E-state index in [9.17, 15) is 9.59 Å². The molecular formula is C19H20N4O3. The van der Waals surface area contributed by atoms with Gasteiger partial charge in [0.25, 0.3) is 5.91 Å². The van der Waals surface area contributed by atoms with Crippen LogP contribution in [0.3, 0.4) is 0 Å². The fourth-order valence-corrected chi connectivity index (χ4v) is 3.46. The molecule has 26 heavy (non-hydrogen) atoms. The molecule has 7 heteroatoms. The number of para-hydroxylation sites is 1. The van der Waals surface area contributed by atoms with Gasteiger partial charge in [0.2, 0.25) is 0 Å². The van der Waals surface area contributed by atoms with Crippen molar-refractivity contribution in [1.82, 2.24) is 20.2 Å². The highest BCUT2D eigenvalue weighted by Crippen LogP contribution is 2.23. The first-order valence-electron chi connectivity index (χ1n) is 8.65. The Morgan fingerprint density at radius 3 is 3.04 bits per heavy atom. The van der Waals surface area contributed by atoms with Crippen molar-refractivity contribution in [3.05, 3.63) is 64.4 Å². The van der Waals surface area contributed by atoms with E-state index in [1.807, 2.05) is 23.2 Å². The van der Waals surface area contributed by atoms with Crippen LogP contribution in [0, 0.1) is 5.92 Å². The van der Waals surface area contributed by atoms with E-state index in [1.54, 1.807) is 24.4 Å². The average molecular weight is 352 g/mol. The van der Waals surface area contributed by atoms with E-state index in [1.165, 1.54) is 0 Å². The molecule has 0 saturated carbocycles. The van der Waals surface area contributed by atoms with Gasteiger partial charge in [-0.05, 0) is 29.7 Å². The molecule has 1 saturated heterocycles. The van der Waals surface area contributed by atoms with E-state index in [2.05, 4.69) is 22.2 Å². The van der Waals surface area contributed by atoms with E-state index in [0.29, 0.717) is 42.2 Å². The Kier molecular flexibility index (Phi) is 4.30. The molecule has 0 unspecified atom stereocenters. The monoisotopic (exact) mass is 352 g/mol. The lowest BCUT2D eigenvalue weighted by Crippen LogP contribution is -2.36. The Balaban J connectivity index is 1.48. The minimum Gasteiger partial charge on any atom is -0.407 e. The Morgan fingerprint density at radius 1 is 1.35 bits per heavy atom. The van der Waals surface area contributed by atoms with Gasteiger partial charge >= 0.3 is 5.76 Å². The van der Waals surface area contributed by atoms with E-state index in [0.717, 1.165) is 5.56 Å². The minimum absolute atomic E-state index is 0.115. The molecule has 3 aromatic rings. The molecule has 134 valence electrons. The summed E-state index contributed by atoms with van der Waals surface area (Å²) in [6.45, 7) is 4.12. The van der Waals surface area contributed by atoms with Crippen molar-refractivity contribution < 1.29 is 9.21 Å². The number of carbonyl (C=O) groups excluding carboxylic acids is 1. The quantitative estimate of drug-likeness (QED) is 0.747. The van der Waals surface area contributed by atoms with Crippen LogP contribution in [0.4, 0.5) is 0 Å². The number of aromatic amines is 1. The highest BCUT2D eigenvalue weighted by Gasteiger charge is 2.33. The molecule has 1 aliphatic rings. The molecule has 2 N–H and O–H groups in total. The van der Waals surface area contributed by atoms with Gasteiger partial charge in [0.1, 0.15) is 0 Å². The number of nitrogens with one attached hydrogen (secondary N) is 2. The van der Waals surface area contributed by atoms with Crippen LogP contribution in [0.15, 0.2) is 51.9 Å². The molecule has 4 rings (SSSR count). The number of likely N-dealkylation sites (tertiary alicyclic amines) is 1. The number of aromatic nitrogens is 2. The molecule has 0 aliphatic carbocycles. The maximum atomic E-state index is 12.9. The second-order valence-corrected chi connectivity index (χ2v) is 6.73. The number of amides is 1. The molecular weight excluding hydrogens is 332 g/mol. The lowest BCUT2D eigenvalue weighted by molar-refractivity contribution is 0.0786. The van der Waals surface area contributed by atoms with Crippen LogP contribution in [-0.2, 0) is 6.54 Å². The fourth-order valence-electron chi connectivity index (χ4n) is 3.46. The van der Waals surface area contributed by atoms with Crippen molar-refractivity contribution in [1.29, 1.82) is 0 Å². The van der Waals surface area contributed by atoms with Gasteiger partial charge < -0.3 is 14.6 Å². The summed E-state index contributed by atoms with van der Waals surface area (Å²) in [5.74, 6) is -0.338. The van der Waals surface area contributed by atoms with Crippen molar-refractivity contribution in [3.8, 4) is 0 Å². The summed E-state index contributed by atoms with van der Waals surface area (Å²) in [6.07, 6.45) is 3.59. The number of pyridine rings is 1. The number of oxazole rings is 1. The molecule has 3 heterocycles. The van der Waals surface area contributed by atoms with Crippen LogP contribution in [-0.4, -0.2) is 39.9 Å². The summed E-state index contributed by atoms with van der Waals surface area (Å²) < 4.78 is 5.16. The van der Waals surface area contributed by atoms with E-state index in [4.69, 9.17) is 4.42 Å². The zero-order valence-electron chi connectivity index (χ0n) is 14.4. The van der Waals surface area contributed by atoms with Crippen LogP contribution in [0.25, 0.3) is 11.1 Å². The van der Waals surface area contributed by atoms with Crippen LogP contribution >= 0.6 is 0 Å². The predicted molar refractivity (Wildman–Crippen MR) is 96.8 cm³/mol. The lowest BCUT2D eigenvalue weighted by Gasteiger charge is -2.17. The van der Waals surface area contributed by atoms with Crippen LogP contribution < -0.4 is 11.1 Å². The number of carbonyl (C=O) groups is 1. The van der Waals surface area contributed by atoms with Crippen LogP contribution in [0.1, 0.15) is 22.8 Å². The largest absolute Gasteiger partial charge is 0.417 e. The normalized spacial score (nSPS) is 20.0. The molecule has 7 nitrogen and oxygen atoms in total. The van der Waals surface area contributed by atoms with Gasteiger partial charge in [0.05, 0.1) is 11.1 Å². The van der Waals surface area contributed by atoms with Gasteiger partial charge in [-0.2, -0.15) is 0 Å². The van der Waals surface area contributed by atoms with Crippen molar-refractivity contribution in [3.63, 3.8) is 0 Å². The van der Waals surface area contributed by atoms with Crippen LogP contribution in [0.5, 0.6) is 0 Å². The van der Waals surface area contributed by atoms with Gasteiger partial charge in [-0.1, -0.05) is 19.1 Å². The highest BCUT2D eigenvalue weighted by molar-refractivity contribution is 6.04. The lowest BCUT2D eigenvalue weighted by atomic mass is 10.1. The first kappa shape index (κ1) is 16.5. The third kappa shape index (κ3) is 3.13. The van der Waals surface area contributed by atoms with E-state index in [-0.39, 0.29) is 11.9 Å². The predicted octanol–water partition coefficient (Wildman–Crippen LogP) is 1.77. The van der Waals surface area contributed by atoms with Gasteiger partial charge in [0.15, 0.2) is 5.58 Å². The Morgan fingerprint density at radius 2 is 2.23 bits per heavy atom. The molecule has 0 radical (unpaired) electrons. The number of hydrogen-bond acceptors (Lipinski definition) is 5. The molecule has 1 aliphatic heterocycles. The van der Waals surface area contributed by atoms with Crippen LogP contribution in [0.2, 0.25) is 0 Å². The molecule has 0 spiro atoms. The molecule has 1 fully saturated rings. The number of H-pyrrole nitrogens is 1. The number of fused-ring (bicyclic) bond motifs is 1. The van der Waals surface area contributed by atoms with Gasteiger partial charge in [0, 0.05) is 38.1 Å². The van der Waals surface area contributed by atoms with Gasteiger partial charge in [-0.3, -0.25) is 14.8 Å². The zero-order valence-corrected chi connectivity index (χ0v) is 14.4. The third-order valence-corrected chi connectivity index (χ3v) is 4.87. The summed E-state index contributed by atoms with van der Waals surface area (Å²) in [5.41, 5.74) is 2.39. The molecule has 2 atom stereocenters. The SMILES string of the molecule is C[C@@H]1CN(C(=O)c2cccc3[nH]c(=O)oc23)C[C@H]1NCc1cccnc1. The van der Waals surface area contributed by atoms with Gasteiger partial charge in [-0.25, -0.2) is 4.79 Å². The Labute approximate surface area is 150 Å². The van der Waals surface area contributed by atoms with Crippen molar-refractivity contribution >= 4 is 17.0 Å². The van der Waals surface area contributed by atoms with Crippen molar-refractivity contribution in [2.24, 2.45) is 5.92 Å². The summed E-state index contributed by atoms with van der Waals surface area (Å²) in [5, 5.41) is 3.51. The smallest absolute Gasteiger partial charge is 0.407 e. The first-order valence-corrected chi connectivity index (χ1v) is 8.65. The number of hydrogen-bond donors (Lipinski definition) is 2. The number of benzene rings is 1. The summed E-state index contributed by atoms with van der Waals surface area (Å²) in [7, 11) is 0. The zero-order chi connectivity index (χ0) is 18.1. The molecule has 0 bridgehead atoms. The van der Waals surface area contributed by atoms with E-state index < -0.39 is 5.76 Å². The maximum absolute atomic E-state index is 12.9. The summed E-state index contributed by atoms with van der Waals surface area (Å²) in [4.78, 5) is 32.9. The summed E-state index contributed by atoms with van der Waals surface area (Å²) >= 11 is 0. The Hall–Kier alpha value is -2.93. The second kappa shape index (κ2) is 6.76. The molecule has 2 aromatic heterocycles. The average Bonchev–Trinajstić information content (AvgIpc) is 3.21. The van der Waals surface area contributed by atoms with E-state index >= 15 is 0 Å². The maximum Gasteiger partial charge on any atom is 0.417 e. The highest BCUT2D eigenvalue weighted by atomic mass is 16.4. The topological polar surface area (TPSA) is 91.2 Å². The molecule has 1 amide bonds. The summed E-state index contributed by atoms with van der Waals surface area (Å²) in [6, 6.07) is 9.31. The minimum atomic E-state index is -0.550. The third-order valence-electron chi connectivity index (χ3n) is 4.87. The molecule has 1 aromatic carbocycles. The second-order valence-electron chi connectivity index (χ2n) is 6.73. The van der Waals surface area contributed by atoms with Crippen molar-refractivity contribution in [2.45, 2.75) is 19.5 Å². The Bertz CT molecular complexity index is 979. The number of nitrogens with zero attached hydrogens (tertiary/aromatic N) is 2. The first-order chi connectivity index (χ1) is 12.6. The van der Waals surface area contributed by atoms with Gasteiger partial charge in [-0.15, -0.1) is 0 Å². The number of rotatable bonds is 4. The standard InChI is InChI=1S/C19H20N4O3/c1-12-10-23(11-16(12)21-9-13-4-3-7-20-8-13)18(24)14-5-2-6-15-17(14)26-19(25)22-15/h2-8,12,16,21H,9-11H2,1H3,(H,22,25)/t12-,16-/m1/s1. The fraction of sp³-hybridized carbons (Fsp3) is 0.316. The van der Waals surface area contributed by atoms with Crippen molar-refractivity contribution in [2.75, 3.05) is 13.1 Å².